The summed E-state index contributed by atoms with van der Waals surface area (Å²) in [7, 11) is 0. The molecule has 1 saturated carbocycles. The molecule has 0 spiro atoms. The molecule has 2 aromatic rings. The summed E-state index contributed by atoms with van der Waals surface area (Å²) in [6, 6.07) is 5.93. The molecule has 3 heterocycles. The molecule has 2 aliphatic rings. The predicted molar refractivity (Wildman–Crippen MR) is 95.9 cm³/mol. The number of rotatable bonds is 5. The summed E-state index contributed by atoms with van der Waals surface area (Å²) in [5, 5.41) is 15.9. The van der Waals surface area contributed by atoms with Crippen LogP contribution >= 0.6 is 11.3 Å². The molecule has 2 fully saturated rings. The Morgan fingerprint density at radius 1 is 1.48 bits per heavy atom. The second-order valence-corrected chi connectivity index (χ2v) is 7.49. The normalized spacial score (nSPS) is 23.3. The number of thiophene rings is 1. The van der Waals surface area contributed by atoms with Crippen LogP contribution < -0.4 is 16.0 Å². The van der Waals surface area contributed by atoms with Crippen LogP contribution in [-0.4, -0.2) is 27.6 Å². The van der Waals surface area contributed by atoms with Gasteiger partial charge in [0.1, 0.15) is 11.5 Å². The smallest absolute Gasteiger partial charge is 0.228 e. The van der Waals surface area contributed by atoms with E-state index in [4.69, 9.17) is 0 Å². The van der Waals surface area contributed by atoms with Crippen molar-refractivity contribution in [3.8, 4) is 10.6 Å². The number of amides is 2. The van der Waals surface area contributed by atoms with E-state index in [1.807, 2.05) is 30.5 Å². The summed E-state index contributed by atoms with van der Waals surface area (Å²) in [6.45, 7) is 2.04. The zero-order valence-electron chi connectivity index (χ0n) is 14.0. The van der Waals surface area contributed by atoms with E-state index >= 15 is 0 Å². The van der Waals surface area contributed by atoms with Gasteiger partial charge in [-0.3, -0.25) is 14.9 Å². The lowest BCUT2D eigenvalue weighted by Gasteiger charge is -2.31. The van der Waals surface area contributed by atoms with Crippen molar-refractivity contribution in [3.05, 3.63) is 23.6 Å². The molecule has 25 heavy (non-hydrogen) atoms. The molecule has 2 atom stereocenters. The van der Waals surface area contributed by atoms with Crippen LogP contribution in [0.15, 0.2) is 23.6 Å². The van der Waals surface area contributed by atoms with Crippen LogP contribution in [-0.2, 0) is 9.59 Å². The lowest BCUT2D eigenvalue weighted by molar-refractivity contribution is -0.125. The lowest BCUT2D eigenvalue weighted by atomic mass is 10.1. The number of anilines is 1. The summed E-state index contributed by atoms with van der Waals surface area (Å²) in [5.41, 5.74) is 0.788. The molecule has 132 valence electrons. The molecule has 2 amide bonds. The van der Waals surface area contributed by atoms with Gasteiger partial charge in [0.25, 0.3) is 0 Å². The Morgan fingerprint density at radius 3 is 3.00 bits per heavy atom. The van der Waals surface area contributed by atoms with Gasteiger partial charge in [-0.2, -0.15) is 5.10 Å². The number of hydrogen-bond donors (Lipinski definition) is 3. The van der Waals surface area contributed by atoms with Gasteiger partial charge in [0, 0.05) is 24.4 Å². The van der Waals surface area contributed by atoms with Gasteiger partial charge < -0.3 is 10.6 Å². The Morgan fingerprint density at radius 2 is 2.32 bits per heavy atom. The molecule has 0 bridgehead atoms. The quantitative estimate of drug-likeness (QED) is 0.764. The van der Waals surface area contributed by atoms with E-state index in [0.717, 1.165) is 29.8 Å². The average molecular weight is 359 g/mol. The van der Waals surface area contributed by atoms with Crippen molar-refractivity contribution in [1.82, 2.24) is 20.4 Å². The van der Waals surface area contributed by atoms with Gasteiger partial charge in [-0.1, -0.05) is 13.0 Å². The van der Waals surface area contributed by atoms with Crippen LogP contribution in [0.25, 0.3) is 10.6 Å². The second-order valence-electron chi connectivity index (χ2n) is 6.55. The summed E-state index contributed by atoms with van der Waals surface area (Å²) in [5.74, 6) is 0.719. The van der Waals surface area contributed by atoms with Gasteiger partial charge in [0.2, 0.25) is 11.8 Å². The van der Waals surface area contributed by atoms with Gasteiger partial charge in [0.15, 0.2) is 6.29 Å². The molecule has 0 aromatic carbocycles. The summed E-state index contributed by atoms with van der Waals surface area (Å²) >= 11 is 1.59. The molecule has 1 aliphatic heterocycles. The molecule has 0 radical (unpaired) electrons. The molecule has 1 saturated heterocycles. The first kappa shape index (κ1) is 16.3. The molecule has 1 aliphatic carbocycles. The number of nitrogens with one attached hydrogen (secondary N) is 3. The standard InChI is InChI=1S/C17H21N5O2S/c1-2-11-8-15(23)20-17(18-11)22-14(19-16(24)10-5-6-10)9-12(21-22)13-4-3-7-25-13/h3-4,7,9-11,17-18H,2,5-6,8H2,1H3,(H,19,24)(H,20,23). The Labute approximate surface area is 149 Å². The highest BCUT2D eigenvalue weighted by Crippen LogP contribution is 2.32. The Bertz CT molecular complexity index is 781. The maximum absolute atomic E-state index is 12.2. The number of carbonyl (C=O) groups is 2. The molecule has 7 nitrogen and oxygen atoms in total. The highest BCUT2D eigenvalue weighted by atomic mass is 32.1. The Balaban J connectivity index is 1.66. The first-order valence-electron chi connectivity index (χ1n) is 8.63. The maximum Gasteiger partial charge on any atom is 0.228 e. The van der Waals surface area contributed by atoms with Gasteiger partial charge in [-0.05, 0) is 30.7 Å². The fraction of sp³-hybridized carbons (Fsp3) is 0.471. The number of nitrogens with zero attached hydrogens (tertiary/aromatic N) is 2. The minimum Gasteiger partial charge on any atom is -0.322 e. The van der Waals surface area contributed by atoms with Crippen molar-refractivity contribution in [1.29, 1.82) is 0 Å². The van der Waals surface area contributed by atoms with E-state index in [9.17, 15) is 9.59 Å². The molecule has 2 unspecified atom stereocenters. The first-order valence-corrected chi connectivity index (χ1v) is 9.51. The van der Waals surface area contributed by atoms with Crippen LogP contribution in [0.2, 0.25) is 0 Å². The largest absolute Gasteiger partial charge is 0.322 e. The number of carbonyl (C=O) groups excluding carboxylic acids is 2. The molecule has 3 N–H and O–H groups in total. The summed E-state index contributed by atoms with van der Waals surface area (Å²) < 4.78 is 1.68. The lowest BCUT2D eigenvalue weighted by Crippen LogP contribution is -2.53. The maximum atomic E-state index is 12.2. The van der Waals surface area contributed by atoms with Crippen LogP contribution in [0.1, 0.15) is 38.9 Å². The summed E-state index contributed by atoms with van der Waals surface area (Å²) in [4.78, 5) is 25.3. The minimum atomic E-state index is -0.464. The highest BCUT2D eigenvalue weighted by molar-refractivity contribution is 7.13. The van der Waals surface area contributed by atoms with Crippen molar-refractivity contribution < 1.29 is 9.59 Å². The van der Waals surface area contributed by atoms with E-state index in [1.54, 1.807) is 16.0 Å². The summed E-state index contributed by atoms with van der Waals surface area (Å²) in [6.07, 6.45) is 2.72. The SMILES string of the molecule is CCC1CC(=O)NC(n2nc(-c3cccs3)cc2NC(=O)C2CC2)N1. The molecule has 4 rings (SSSR count). The van der Waals surface area contributed by atoms with E-state index in [0.29, 0.717) is 12.2 Å². The third-order valence-electron chi connectivity index (χ3n) is 4.57. The molecule has 2 aromatic heterocycles. The third kappa shape index (κ3) is 3.45. The predicted octanol–water partition coefficient (Wildman–Crippen LogP) is 2.30. The van der Waals surface area contributed by atoms with E-state index in [2.05, 4.69) is 21.0 Å². The van der Waals surface area contributed by atoms with Crippen LogP contribution in [0.3, 0.4) is 0 Å². The van der Waals surface area contributed by atoms with Crippen molar-refractivity contribution in [2.45, 2.75) is 44.9 Å². The van der Waals surface area contributed by atoms with E-state index < -0.39 is 6.29 Å². The molecule has 8 heteroatoms. The first-order chi connectivity index (χ1) is 12.1. The highest BCUT2D eigenvalue weighted by Gasteiger charge is 2.32. The van der Waals surface area contributed by atoms with E-state index in [-0.39, 0.29) is 23.8 Å². The van der Waals surface area contributed by atoms with Crippen molar-refractivity contribution in [3.63, 3.8) is 0 Å². The van der Waals surface area contributed by atoms with Crippen LogP contribution in [0.5, 0.6) is 0 Å². The third-order valence-corrected chi connectivity index (χ3v) is 5.46. The van der Waals surface area contributed by atoms with Gasteiger partial charge in [-0.25, -0.2) is 4.68 Å². The second kappa shape index (κ2) is 6.61. The zero-order valence-corrected chi connectivity index (χ0v) is 14.8. The van der Waals surface area contributed by atoms with Gasteiger partial charge in [-0.15, -0.1) is 11.3 Å². The minimum absolute atomic E-state index is 0.0109. The van der Waals surface area contributed by atoms with Crippen molar-refractivity contribution >= 4 is 29.0 Å². The Hall–Kier alpha value is -2.19. The average Bonchev–Trinajstić information content (AvgIpc) is 3.15. The zero-order chi connectivity index (χ0) is 17.4. The Kier molecular flexibility index (Phi) is 4.30. The van der Waals surface area contributed by atoms with Gasteiger partial charge in [0.05, 0.1) is 4.88 Å². The topological polar surface area (TPSA) is 88.1 Å². The van der Waals surface area contributed by atoms with E-state index in [1.165, 1.54) is 0 Å². The van der Waals surface area contributed by atoms with Crippen molar-refractivity contribution in [2.75, 3.05) is 5.32 Å². The van der Waals surface area contributed by atoms with Gasteiger partial charge >= 0.3 is 0 Å². The number of hydrogen-bond acceptors (Lipinski definition) is 5. The fourth-order valence-corrected chi connectivity index (χ4v) is 3.64. The number of aromatic nitrogens is 2. The van der Waals surface area contributed by atoms with Crippen molar-refractivity contribution in [2.24, 2.45) is 5.92 Å². The monoisotopic (exact) mass is 359 g/mol. The fourth-order valence-electron chi connectivity index (χ4n) is 2.96. The molecular formula is C17H21N5O2S. The van der Waals surface area contributed by atoms with Crippen LogP contribution in [0.4, 0.5) is 5.82 Å². The van der Waals surface area contributed by atoms with Crippen LogP contribution in [0, 0.1) is 5.92 Å². The molecular weight excluding hydrogens is 338 g/mol.